The number of rotatable bonds is 9. The Hall–Kier alpha value is -4.26. The third kappa shape index (κ3) is 7.39. The first-order valence-electron chi connectivity index (χ1n) is 14.9. The number of benzene rings is 5. The highest BCUT2D eigenvalue weighted by atomic mass is 31.1. The van der Waals surface area contributed by atoms with Crippen molar-refractivity contribution in [1.82, 2.24) is 0 Å². The molecule has 0 aliphatic heterocycles. The van der Waals surface area contributed by atoms with Gasteiger partial charge in [-0.1, -0.05) is 154 Å². The molecule has 0 atom stereocenters. The Morgan fingerprint density at radius 1 is 0.674 bits per heavy atom. The van der Waals surface area contributed by atoms with Crippen molar-refractivity contribution in [1.29, 1.82) is 0 Å². The molecular formula is C40H39O2P. The predicted molar refractivity (Wildman–Crippen MR) is 184 cm³/mol. The lowest BCUT2D eigenvalue weighted by atomic mass is 9.86. The molecule has 5 rings (SSSR count). The fourth-order valence-corrected chi connectivity index (χ4v) is 7.77. The molecule has 0 N–H and O–H groups in total. The highest BCUT2D eigenvalue weighted by Gasteiger charge is 2.22. The molecule has 0 aliphatic carbocycles. The molecule has 5 aromatic carbocycles. The largest absolute Gasteiger partial charge is 0.463 e. The Bertz CT molecular complexity index is 1640. The predicted octanol–water partition coefficient (Wildman–Crippen LogP) is 8.60. The fraction of sp³-hybridized carbons (Fsp3) is 0.175. The van der Waals surface area contributed by atoms with E-state index in [0.29, 0.717) is 18.6 Å². The van der Waals surface area contributed by atoms with E-state index in [1.165, 1.54) is 27.0 Å². The maximum absolute atomic E-state index is 13.3. The molecule has 216 valence electrons. The van der Waals surface area contributed by atoms with E-state index in [2.05, 4.69) is 154 Å². The summed E-state index contributed by atoms with van der Waals surface area (Å²) in [7, 11) is -0.800. The topological polar surface area (TPSA) is 26.3 Å². The van der Waals surface area contributed by atoms with Gasteiger partial charge in [-0.15, -0.1) is 0 Å². The van der Waals surface area contributed by atoms with Gasteiger partial charge in [0.1, 0.15) is 0 Å². The molecule has 0 amide bonds. The molecule has 0 aromatic heterocycles. The van der Waals surface area contributed by atoms with Crippen LogP contribution in [0.15, 0.2) is 139 Å². The van der Waals surface area contributed by atoms with Crippen molar-refractivity contribution in [3.63, 3.8) is 0 Å². The lowest BCUT2D eigenvalue weighted by Gasteiger charge is -2.23. The quantitative estimate of drug-likeness (QED) is 0.0988. The van der Waals surface area contributed by atoms with Crippen LogP contribution in [0.5, 0.6) is 0 Å². The lowest BCUT2D eigenvalue weighted by molar-refractivity contribution is -0.138. The van der Waals surface area contributed by atoms with E-state index in [9.17, 15) is 4.79 Å². The number of carbonyl (C=O) groups excluding carboxylic acids is 1. The van der Waals surface area contributed by atoms with Crippen LogP contribution in [0.3, 0.4) is 0 Å². The molecule has 0 unspecified atom stereocenters. The van der Waals surface area contributed by atoms with Gasteiger partial charge in [-0.3, -0.25) is 0 Å². The molecule has 0 bridgehead atoms. The van der Waals surface area contributed by atoms with Crippen LogP contribution in [-0.2, 0) is 21.4 Å². The third-order valence-electron chi connectivity index (χ3n) is 7.52. The number of ether oxygens (including phenoxy) is 1. The smallest absolute Gasteiger partial charge is 0.334 e. The van der Waals surface area contributed by atoms with Gasteiger partial charge in [0, 0.05) is 12.0 Å². The molecule has 0 radical (unpaired) electrons. The summed E-state index contributed by atoms with van der Waals surface area (Å²) in [5.74, 6) is -0.277. The van der Waals surface area contributed by atoms with Gasteiger partial charge in [-0.05, 0) is 70.1 Å². The van der Waals surface area contributed by atoms with Gasteiger partial charge in [0.05, 0.1) is 6.61 Å². The standard InChI is InChI=1S/C40H39O2P/c1-5-42-39(41)32(28-30-24-26-33(27-25-30)40(2,3)4)29-31-16-12-13-21-36(31)37-22-14-15-23-38(37)43(34-17-8-6-9-18-34)35-19-10-7-11-20-35/h6-28H,5,29H2,1-4H3/b32-28+. The summed E-state index contributed by atoms with van der Waals surface area (Å²) in [5.41, 5.74) is 6.38. The van der Waals surface area contributed by atoms with E-state index < -0.39 is 7.92 Å². The van der Waals surface area contributed by atoms with Crippen molar-refractivity contribution in [2.45, 2.75) is 39.5 Å². The van der Waals surface area contributed by atoms with E-state index in [1.807, 2.05) is 13.0 Å². The molecule has 3 heteroatoms. The number of esters is 1. The maximum atomic E-state index is 13.3. The minimum atomic E-state index is -0.800. The summed E-state index contributed by atoms with van der Waals surface area (Å²) >= 11 is 0. The average Bonchev–Trinajstić information content (AvgIpc) is 3.02. The van der Waals surface area contributed by atoms with Gasteiger partial charge < -0.3 is 4.74 Å². The molecule has 0 fully saturated rings. The Labute approximate surface area is 257 Å². The molecule has 0 heterocycles. The molecule has 2 nitrogen and oxygen atoms in total. The highest BCUT2D eigenvalue weighted by Crippen LogP contribution is 2.38. The first-order valence-corrected chi connectivity index (χ1v) is 16.2. The Morgan fingerprint density at radius 2 is 1.21 bits per heavy atom. The second-order valence-corrected chi connectivity index (χ2v) is 13.8. The molecule has 0 spiro atoms. The SMILES string of the molecule is CCOC(=O)/C(=C/c1ccc(C(C)(C)C)cc1)Cc1ccccc1-c1ccccc1P(c1ccccc1)c1ccccc1. The third-order valence-corrected chi connectivity index (χ3v) is 10.0. The van der Waals surface area contributed by atoms with Crippen molar-refractivity contribution in [2.24, 2.45) is 0 Å². The average molecular weight is 583 g/mol. The van der Waals surface area contributed by atoms with E-state index >= 15 is 0 Å². The first kappa shape index (κ1) is 30.2. The van der Waals surface area contributed by atoms with Gasteiger partial charge in [0.15, 0.2) is 0 Å². The fourth-order valence-electron chi connectivity index (χ4n) is 5.31. The molecular weight excluding hydrogens is 543 g/mol. The molecule has 0 saturated heterocycles. The number of hydrogen-bond donors (Lipinski definition) is 0. The summed E-state index contributed by atoms with van der Waals surface area (Å²) < 4.78 is 5.55. The Morgan fingerprint density at radius 3 is 1.79 bits per heavy atom. The number of carbonyl (C=O) groups is 1. The summed E-state index contributed by atoms with van der Waals surface area (Å²) in [6.07, 6.45) is 2.45. The highest BCUT2D eigenvalue weighted by molar-refractivity contribution is 7.80. The van der Waals surface area contributed by atoms with Crippen molar-refractivity contribution < 1.29 is 9.53 Å². The van der Waals surface area contributed by atoms with E-state index in [4.69, 9.17) is 4.74 Å². The van der Waals surface area contributed by atoms with Gasteiger partial charge in [0.25, 0.3) is 0 Å². The second kappa shape index (κ2) is 13.8. The van der Waals surface area contributed by atoms with Crippen molar-refractivity contribution in [3.8, 4) is 11.1 Å². The summed E-state index contributed by atoms with van der Waals surface area (Å²) in [4.78, 5) is 13.3. The lowest BCUT2D eigenvalue weighted by Crippen LogP contribution is -2.22. The summed E-state index contributed by atoms with van der Waals surface area (Å²) in [5, 5.41) is 3.90. The van der Waals surface area contributed by atoms with Crippen LogP contribution in [0.2, 0.25) is 0 Å². The van der Waals surface area contributed by atoms with Crippen molar-refractivity contribution >= 4 is 35.9 Å². The first-order chi connectivity index (χ1) is 20.8. The van der Waals surface area contributed by atoms with Gasteiger partial charge in [-0.2, -0.15) is 0 Å². The van der Waals surface area contributed by atoms with E-state index in [1.54, 1.807) is 0 Å². The van der Waals surface area contributed by atoms with Crippen molar-refractivity contribution in [3.05, 3.63) is 156 Å². The van der Waals surface area contributed by atoms with Crippen LogP contribution >= 0.6 is 7.92 Å². The van der Waals surface area contributed by atoms with Gasteiger partial charge >= 0.3 is 5.97 Å². The molecule has 5 aromatic rings. The van der Waals surface area contributed by atoms with Crippen LogP contribution in [0, 0.1) is 0 Å². The summed E-state index contributed by atoms with van der Waals surface area (Å²) in [6, 6.07) is 47.2. The monoisotopic (exact) mass is 582 g/mol. The van der Waals surface area contributed by atoms with Gasteiger partial charge in [-0.25, -0.2) is 4.79 Å². The molecule has 43 heavy (non-hydrogen) atoms. The minimum absolute atomic E-state index is 0.0669. The Balaban J connectivity index is 1.59. The van der Waals surface area contributed by atoms with Crippen LogP contribution in [0.4, 0.5) is 0 Å². The van der Waals surface area contributed by atoms with Crippen LogP contribution < -0.4 is 15.9 Å². The van der Waals surface area contributed by atoms with Gasteiger partial charge in [0.2, 0.25) is 0 Å². The normalized spacial score (nSPS) is 11.9. The van der Waals surface area contributed by atoms with E-state index in [0.717, 1.165) is 16.7 Å². The molecule has 0 aliphatic rings. The Kier molecular flexibility index (Phi) is 9.70. The maximum Gasteiger partial charge on any atom is 0.334 e. The zero-order chi connectivity index (χ0) is 30.2. The zero-order valence-electron chi connectivity index (χ0n) is 25.5. The minimum Gasteiger partial charge on any atom is -0.463 e. The van der Waals surface area contributed by atoms with Crippen LogP contribution in [0.25, 0.3) is 17.2 Å². The van der Waals surface area contributed by atoms with Crippen LogP contribution in [0.1, 0.15) is 44.4 Å². The second-order valence-electron chi connectivity index (χ2n) is 11.6. The van der Waals surface area contributed by atoms with E-state index in [-0.39, 0.29) is 11.4 Å². The molecule has 0 saturated carbocycles. The zero-order valence-corrected chi connectivity index (χ0v) is 26.4. The van der Waals surface area contributed by atoms with Crippen LogP contribution in [-0.4, -0.2) is 12.6 Å². The number of hydrogen-bond acceptors (Lipinski definition) is 2. The summed E-state index contributed by atoms with van der Waals surface area (Å²) in [6.45, 7) is 8.81. The van der Waals surface area contributed by atoms with Crippen molar-refractivity contribution in [2.75, 3.05) is 6.61 Å².